The van der Waals surface area contributed by atoms with Gasteiger partial charge >= 0.3 is 0 Å². The first-order valence-corrected chi connectivity index (χ1v) is 6.73. The molecule has 19 heavy (non-hydrogen) atoms. The molecule has 0 spiro atoms. The molecule has 0 fully saturated rings. The van der Waals surface area contributed by atoms with Gasteiger partial charge in [0.1, 0.15) is 5.82 Å². The molecule has 2 aromatic rings. The van der Waals surface area contributed by atoms with Crippen molar-refractivity contribution in [1.29, 1.82) is 0 Å². The van der Waals surface area contributed by atoms with Crippen molar-refractivity contribution in [2.45, 2.75) is 40.8 Å². The maximum absolute atomic E-state index is 4.58. The molecule has 2 aromatic heterocycles. The van der Waals surface area contributed by atoms with Crippen LogP contribution < -0.4 is 5.32 Å². The SMILES string of the molecule is Cc1cc(CNc2cc(C)n(CC(C)C)n2)n(C)n1. The highest BCUT2D eigenvalue weighted by molar-refractivity contribution is 5.36. The molecular weight excluding hydrogens is 238 g/mol. The molecule has 0 radical (unpaired) electrons. The van der Waals surface area contributed by atoms with E-state index in [2.05, 4.69) is 53.1 Å². The number of rotatable bonds is 5. The van der Waals surface area contributed by atoms with Crippen molar-refractivity contribution in [3.8, 4) is 0 Å². The number of anilines is 1. The van der Waals surface area contributed by atoms with Gasteiger partial charge in [0.05, 0.1) is 17.9 Å². The minimum atomic E-state index is 0.603. The Morgan fingerprint density at radius 2 is 1.95 bits per heavy atom. The first-order valence-electron chi connectivity index (χ1n) is 6.73. The Labute approximate surface area is 114 Å². The highest BCUT2D eigenvalue weighted by Crippen LogP contribution is 2.12. The maximum atomic E-state index is 4.58. The molecule has 5 heteroatoms. The fourth-order valence-corrected chi connectivity index (χ4v) is 2.14. The Hall–Kier alpha value is -1.78. The molecule has 0 aromatic carbocycles. The van der Waals surface area contributed by atoms with E-state index in [1.54, 1.807) is 0 Å². The first-order chi connectivity index (χ1) is 8.95. The summed E-state index contributed by atoms with van der Waals surface area (Å²) in [6.45, 7) is 10.2. The first kappa shape index (κ1) is 13.6. The molecule has 0 atom stereocenters. The molecule has 0 aliphatic rings. The summed E-state index contributed by atoms with van der Waals surface area (Å²) in [6, 6.07) is 4.18. The summed E-state index contributed by atoms with van der Waals surface area (Å²) in [5.41, 5.74) is 3.40. The van der Waals surface area contributed by atoms with Crippen molar-refractivity contribution in [3.05, 3.63) is 29.2 Å². The third-order valence-electron chi connectivity index (χ3n) is 3.07. The smallest absolute Gasteiger partial charge is 0.148 e. The topological polar surface area (TPSA) is 47.7 Å². The molecule has 2 heterocycles. The summed E-state index contributed by atoms with van der Waals surface area (Å²) in [4.78, 5) is 0. The quantitative estimate of drug-likeness (QED) is 0.899. The van der Waals surface area contributed by atoms with Gasteiger partial charge in [-0.1, -0.05) is 13.8 Å². The highest BCUT2D eigenvalue weighted by atomic mass is 15.3. The van der Waals surface area contributed by atoms with Crippen molar-refractivity contribution < 1.29 is 0 Å². The van der Waals surface area contributed by atoms with Gasteiger partial charge in [-0.05, 0) is 25.8 Å². The lowest BCUT2D eigenvalue weighted by Gasteiger charge is -2.06. The normalized spacial score (nSPS) is 11.3. The van der Waals surface area contributed by atoms with E-state index in [4.69, 9.17) is 0 Å². The van der Waals surface area contributed by atoms with Gasteiger partial charge in [0.15, 0.2) is 0 Å². The standard InChI is InChI=1S/C14H23N5/c1-10(2)9-19-12(4)7-14(17-19)15-8-13-6-11(3)16-18(13)5/h6-7,10H,8-9H2,1-5H3,(H,15,17). The van der Waals surface area contributed by atoms with Gasteiger partial charge in [0, 0.05) is 25.4 Å². The summed E-state index contributed by atoms with van der Waals surface area (Å²) in [6.07, 6.45) is 0. The van der Waals surface area contributed by atoms with Crippen LogP contribution in [-0.2, 0) is 20.1 Å². The molecule has 1 N–H and O–H groups in total. The average Bonchev–Trinajstić information content (AvgIpc) is 2.79. The fourth-order valence-electron chi connectivity index (χ4n) is 2.14. The predicted octanol–water partition coefficient (Wildman–Crippen LogP) is 2.50. The third-order valence-corrected chi connectivity index (χ3v) is 3.07. The van der Waals surface area contributed by atoms with E-state index in [0.29, 0.717) is 5.92 Å². The van der Waals surface area contributed by atoms with E-state index >= 15 is 0 Å². The molecule has 5 nitrogen and oxygen atoms in total. The van der Waals surface area contributed by atoms with Crippen molar-refractivity contribution in [1.82, 2.24) is 19.6 Å². The maximum Gasteiger partial charge on any atom is 0.148 e. The van der Waals surface area contributed by atoms with Gasteiger partial charge in [-0.3, -0.25) is 9.36 Å². The lowest BCUT2D eigenvalue weighted by atomic mass is 10.2. The Balaban J connectivity index is 2.02. The van der Waals surface area contributed by atoms with Crippen LogP contribution >= 0.6 is 0 Å². The largest absolute Gasteiger partial charge is 0.363 e. The molecule has 0 amide bonds. The second-order valence-electron chi connectivity index (χ2n) is 5.50. The Morgan fingerprint density at radius 3 is 2.53 bits per heavy atom. The molecule has 0 aliphatic carbocycles. The zero-order valence-corrected chi connectivity index (χ0v) is 12.4. The molecule has 0 saturated carbocycles. The van der Waals surface area contributed by atoms with Crippen LogP contribution in [0.1, 0.15) is 30.9 Å². The van der Waals surface area contributed by atoms with Crippen LogP contribution in [0.5, 0.6) is 0 Å². The van der Waals surface area contributed by atoms with E-state index < -0.39 is 0 Å². The number of hydrogen-bond donors (Lipinski definition) is 1. The summed E-state index contributed by atoms with van der Waals surface area (Å²) >= 11 is 0. The molecule has 0 bridgehead atoms. The summed E-state index contributed by atoms with van der Waals surface area (Å²) < 4.78 is 3.96. The van der Waals surface area contributed by atoms with E-state index in [1.165, 1.54) is 5.69 Å². The monoisotopic (exact) mass is 261 g/mol. The molecule has 0 saturated heterocycles. The van der Waals surface area contributed by atoms with E-state index in [-0.39, 0.29) is 0 Å². The van der Waals surface area contributed by atoms with Gasteiger partial charge in [-0.2, -0.15) is 10.2 Å². The Kier molecular flexibility index (Phi) is 3.93. The molecule has 2 rings (SSSR count). The lowest BCUT2D eigenvalue weighted by Crippen LogP contribution is -2.09. The van der Waals surface area contributed by atoms with Crippen molar-refractivity contribution >= 4 is 5.82 Å². The molecule has 104 valence electrons. The number of nitrogens with zero attached hydrogens (tertiary/aromatic N) is 4. The zero-order valence-electron chi connectivity index (χ0n) is 12.4. The van der Waals surface area contributed by atoms with Gasteiger partial charge < -0.3 is 5.32 Å². The van der Waals surface area contributed by atoms with Gasteiger partial charge in [-0.15, -0.1) is 0 Å². The van der Waals surface area contributed by atoms with E-state index in [1.807, 2.05) is 18.7 Å². The number of hydrogen-bond acceptors (Lipinski definition) is 3. The van der Waals surface area contributed by atoms with E-state index in [0.717, 1.165) is 30.3 Å². The zero-order chi connectivity index (χ0) is 14.0. The number of nitrogens with one attached hydrogen (secondary N) is 1. The van der Waals surface area contributed by atoms with Crippen molar-refractivity contribution in [2.24, 2.45) is 13.0 Å². The molecular formula is C14H23N5. The van der Waals surface area contributed by atoms with Crippen molar-refractivity contribution in [3.63, 3.8) is 0 Å². The fraction of sp³-hybridized carbons (Fsp3) is 0.571. The van der Waals surface area contributed by atoms with Crippen LogP contribution in [0.25, 0.3) is 0 Å². The van der Waals surface area contributed by atoms with Gasteiger partial charge in [0.25, 0.3) is 0 Å². The number of aromatic nitrogens is 4. The van der Waals surface area contributed by atoms with Crippen LogP contribution in [0.4, 0.5) is 5.82 Å². The summed E-state index contributed by atoms with van der Waals surface area (Å²) in [5, 5.41) is 12.3. The second-order valence-corrected chi connectivity index (χ2v) is 5.50. The second kappa shape index (κ2) is 5.47. The summed E-state index contributed by atoms with van der Waals surface area (Å²) in [5.74, 6) is 1.53. The Morgan fingerprint density at radius 1 is 1.21 bits per heavy atom. The molecule has 0 unspecified atom stereocenters. The van der Waals surface area contributed by atoms with Crippen LogP contribution in [-0.4, -0.2) is 19.6 Å². The third kappa shape index (κ3) is 3.36. The van der Waals surface area contributed by atoms with Crippen LogP contribution in [0, 0.1) is 19.8 Å². The van der Waals surface area contributed by atoms with Crippen LogP contribution in [0.2, 0.25) is 0 Å². The Bertz CT molecular complexity index is 550. The van der Waals surface area contributed by atoms with E-state index in [9.17, 15) is 0 Å². The number of aryl methyl sites for hydroxylation is 3. The minimum Gasteiger partial charge on any atom is -0.363 e. The predicted molar refractivity (Wildman–Crippen MR) is 77.1 cm³/mol. The van der Waals surface area contributed by atoms with Crippen LogP contribution in [0.15, 0.2) is 12.1 Å². The highest BCUT2D eigenvalue weighted by Gasteiger charge is 2.07. The van der Waals surface area contributed by atoms with Gasteiger partial charge in [-0.25, -0.2) is 0 Å². The minimum absolute atomic E-state index is 0.603. The summed E-state index contributed by atoms with van der Waals surface area (Å²) in [7, 11) is 1.96. The van der Waals surface area contributed by atoms with Crippen molar-refractivity contribution in [2.75, 3.05) is 5.32 Å². The molecule has 0 aliphatic heterocycles. The van der Waals surface area contributed by atoms with Crippen LogP contribution in [0.3, 0.4) is 0 Å². The van der Waals surface area contributed by atoms with Gasteiger partial charge in [0.2, 0.25) is 0 Å². The lowest BCUT2D eigenvalue weighted by molar-refractivity contribution is 0.475. The average molecular weight is 261 g/mol.